The predicted octanol–water partition coefficient (Wildman–Crippen LogP) is 1.98. The number of aromatic nitrogens is 5. The van der Waals surface area contributed by atoms with Crippen molar-refractivity contribution in [2.45, 2.75) is 18.9 Å². The number of carbonyl (C=O) groups is 1. The fraction of sp³-hybridized carbons (Fsp3) is 0.294. The van der Waals surface area contributed by atoms with Crippen LogP contribution in [0.5, 0.6) is 0 Å². The van der Waals surface area contributed by atoms with Gasteiger partial charge in [0.25, 0.3) is 5.91 Å². The van der Waals surface area contributed by atoms with Gasteiger partial charge in [0.15, 0.2) is 5.69 Å². The van der Waals surface area contributed by atoms with Gasteiger partial charge in [0.1, 0.15) is 0 Å². The van der Waals surface area contributed by atoms with Gasteiger partial charge in [-0.15, -0.1) is 5.10 Å². The van der Waals surface area contributed by atoms with E-state index in [0.29, 0.717) is 5.69 Å². The highest BCUT2D eigenvalue weighted by Crippen LogP contribution is 2.32. The quantitative estimate of drug-likeness (QED) is 0.739. The Hall–Kier alpha value is -2.96. The Morgan fingerprint density at radius 1 is 1.21 bits per heavy atom. The van der Waals surface area contributed by atoms with Crippen molar-refractivity contribution >= 4 is 5.91 Å². The minimum absolute atomic E-state index is 0.0630. The number of hydrogen-bond acceptors (Lipinski definition) is 4. The summed E-state index contributed by atoms with van der Waals surface area (Å²) in [6.45, 7) is 0.733. The SMILES string of the molecule is Cn1cc([C@H]2CCCN2C(=O)c2cn(-c3ccccc3)nn2)cn1. The first-order valence-corrected chi connectivity index (χ1v) is 7.99. The molecule has 0 spiro atoms. The van der Waals surface area contributed by atoms with Gasteiger partial charge >= 0.3 is 0 Å². The summed E-state index contributed by atoms with van der Waals surface area (Å²) in [6, 6.07) is 9.71. The maximum absolute atomic E-state index is 12.9. The molecule has 0 N–H and O–H groups in total. The maximum atomic E-state index is 12.9. The number of nitrogens with zero attached hydrogens (tertiary/aromatic N) is 6. The second-order valence-corrected chi connectivity index (χ2v) is 5.99. The van der Waals surface area contributed by atoms with E-state index in [9.17, 15) is 4.79 Å². The second kappa shape index (κ2) is 5.92. The highest BCUT2D eigenvalue weighted by molar-refractivity contribution is 5.92. The molecule has 1 aromatic carbocycles. The lowest BCUT2D eigenvalue weighted by atomic mass is 10.1. The molecule has 1 aliphatic heterocycles. The summed E-state index contributed by atoms with van der Waals surface area (Å²) in [6.07, 6.45) is 7.42. The average molecular weight is 322 g/mol. The van der Waals surface area contributed by atoms with Gasteiger partial charge in [0, 0.05) is 25.4 Å². The van der Waals surface area contributed by atoms with Crippen molar-refractivity contribution < 1.29 is 4.79 Å². The van der Waals surface area contributed by atoms with Gasteiger partial charge in [-0.1, -0.05) is 23.4 Å². The van der Waals surface area contributed by atoms with E-state index in [-0.39, 0.29) is 11.9 Å². The molecule has 0 unspecified atom stereocenters. The third-order valence-electron chi connectivity index (χ3n) is 4.36. The van der Waals surface area contributed by atoms with Crippen LogP contribution >= 0.6 is 0 Å². The minimum atomic E-state index is -0.0801. The molecule has 0 radical (unpaired) electrons. The summed E-state index contributed by atoms with van der Waals surface area (Å²) in [5.41, 5.74) is 2.32. The Bertz CT molecular complexity index is 853. The topological polar surface area (TPSA) is 68.8 Å². The van der Waals surface area contributed by atoms with Crippen molar-refractivity contribution in [3.8, 4) is 5.69 Å². The lowest BCUT2D eigenvalue weighted by Crippen LogP contribution is -2.30. The van der Waals surface area contributed by atoms with Crippen LogP contribution in [-0.4, -0.2) is 42.1 Å². The Morgan fingerprint density at radius 3 is 2.79 bits per heavy atom. The molecule has 7 nitrogen and oxygen atoms in total. The number of aryl methyl sites for hydroxylation is 1. The van der Waals surface area contributed by atoms with Gasteiger partial charge < -0.3 is 4.90 Å². The lowest BCUT2D eigenvalue weighted by molar-refractivity contribution is 0.0729. The molecule has 4 rings (SSSR count). The second-order valence-electron chi connectivity index (χ2n) is 5.99. The van der Waals surface area contributed by atoms with E-state index < -0.39 is 0 Å². The molecular formula is C17H18N6O. The number of benzene rings is 1. The molecule has 2 aromatic heterocycles. The fourth-order valence-corrected chi connectivity index (χ4v) is 3.18. The molecular weight excluding hydrogens is 304 g/mol. The molecule has 0 bridgehead atoms. The largest absolute Gasteiger partial charge is 0.330 e. The molecule has 122 valence electrons. The smallest absolute Gasteiger partial charge is 0.276 e. The van der Waals surface area contributed by atoms with Crippen molar-refractivity contribution in [1.29, 1.82) is 0 Å². The third-order valence-corrected chi connectivity index (χ3v) is 4.36. The van der Waals surface area contributed by atoms with E-state index in [1.54, 1.807) is 15.6 Å². The Morgan fingerprint density at radius 2 is 2.04 bits per heavy atom. The Balaban J connectivity index is 1.58. The number of hydrogen-bond donors (Lipinski definition) is 0. The van der Waals surface area contributed by atoms with Gasteiger partial charge in [-0.2, -0.15) is 5.10 Å². The monoisotopic (exact) mass is 322 g/mol. The van der Waals surface area contributed by atoms with Gasteiger partial charge in [-0.25, -0.2) is 4.68 Å². The first kappa shape index (κ1) is 14.6. The van der Waals surface area contributed by atoms with Crippen LogP contribution in [0.4, 0.5) is 0 Å². The molecule has 3 aromatic rings. The standard InChI is InChI=1S/C17H18N6O/c1-21-11-13(10-18-21)16-8-5-9-22(16)17(24)15-12-23(20-19-15)14-6-3-2-4-7-14/h2-4,6-7,10-12,16H,5,8-9H2,1H3/t16-/m1/s1. The first-order chi connectivity index (χ1) is 11.7. The fourth-order valence-electron chi connectivity index (χ4n) is 3.18. The maximum Gasteiger partial charge on any atom is 0.276 e. The third kappa shape index (κ3) is 2.58. The zero-order chi connectivity index (χ0) is 16.5. The summed E-state index contributed by atoms with van der Waals surface area (Å²) in [7, 11) is 1.88. The molecule has 0 saturated carbocycles. The van der Waals surface area contributed by atoms with Crippen molar-refractivity contribution in [2.24, 2.45) is 7.05 Å². The van der Waals surface area contributed by atoms with Crippen LogP contribution in [0.2, 0.25) is 0 Å². The van der Waals surface area contributed by atoms with Crippen molar-refractivity contribution in [3.63, 3.8) is 0 Å². The van der Waals surface area contributed by atoms with E-state index in [0.717, 1.165) is 30.6 Å². The van der Waals surface area contributed by atoms with Gasteiger partial charge in [-0.3, -0.25) is 9.48 Å². The summed E-state index contributed by atoms with van der Waals surface area (Å²) in [4.78, 5) is 14.7. The zero-order valence-corrected chi connectivity index (χ0v) is 13.4. The molecule has 3 heterocycles. The van der Waals surface area contributed by atoms with E-state index >= 15 is 0 Å². The minimum Gasteiger partial charge on any atom is -0.330 e. The summed E-state index contributed by atoms with van der Waals surface area (Å²) in [5.74, 6) is -0.0801. The summed E-state index contributed by atoms with van der Waals surface area (Å²) >= 11 is 0. The molecule has 7 heteroatoms. The van der Waals surface area contributed by atoms with E-state index in [2.05, 4.69) is 15.4 Å². The Kier molecular flexibility index (Phi) is 3.60. The van der Waals surface area contributed by atoms with E-state index in [1.807, 2.05) is 54.7 Å². The normalized spacial score (nSPS) is 17.4. The number of likely N-dealkylation sites (tertiary alicyclic amines) is 1. The lowest BCUT2D eigenvalue weighted by Gasteiger charge is -2.22. The predicted molar refractivity (Wildman–Crippen MR) is 87.6 cm³/mol. The summed E-state index contributed by atoms with van der Waals surface area (Å²) in [5, 5.41) is 12.4. The van der Waals surface area contributed by atoms with Crippen LogP contribution in [-0.2, 0) is 7.05 Å². The number of rotatable bonds is 3. The van der Waals surface area contributed by atoms with Crippen LogP contribution < -0.4 is 0 Å². The molecule has 1 atom stereocenters. The number of carbonyl (C=O) groups excluding carboxylic acids is 1. The molecule has 1 aliphatic rings. The van der Waals surface area contributed by atoms with Crippen molar-refractivity contribution in [3.05, 3.63) is 60.2 Å². The van der Waals surface area contributed by atoms with E-state index in [1.165, 1.54) is 0 Å². The van der Waals surface area contributed by atoms with Crippen LogP contribution in [0.25, 0.3) is 5.69 Å². The first-order valence-electron chi connectivity index (χ1n) is 7.99. The van der Waals surface area contributed by atoms with Gasteiger partial charge in [0.05, 0.1) is 24.1 Å². The van der Waals surface area contributed by atoms with Gasteiger partial charge in [-0.05, 0) is 25.0 Å². The van der Waals surface area contributed by atoms with Crippen LogP contribution in [0.1, 0.15) is 34.9 Å². The summed E-state index contributed by atoms with van der Waals surface area (Å²) < 4.78 is 3.39. The molecule has 24 heavy (non-hydrogen) atoms. The van der Waals surface area contributed by atoms with Crippen molar-refractivity contribution in [2.75, 3.05) is 6.54 Å². The van der Waals surface area contributed by atoms with Crippen LogP contribution in [0, 0.1) is 0 Å². The number of amides is 1. The highest BCUT2D eigenvalue weighted by atomic mass is 16.2. The van der Waals surface area contributed by atoms with Crippen LogP contribution in [0.15, 0.2) is 48.9 Å². The van der Waals surface area contributed by atoms with Crippen LogP contribution in [0.3, 0.4) is 0 Å². The molecule has 1 saturated heterocycles. The molecule has 1 amide bonds. The Labute approximate surface area is 139 Å². The molecule has 0 aliphatic carbocycles. The zero-order valence-electron chi connectivity index (χ0n) is 13.4. The molecule has 1 fully saturated rings. The number of para-hydroxylation sites is 1. The van der Waals surface area contributed by atoms with E-state index in [4.69, 9.17) is 0 Å². The van der Waals surface area contributed by atoms with Crippen molar-refractivity contribution in [1.82, 2.24) is 29.7 Å². The average Bonchev–Trinajstić information content (AvgIpc) is 3.35. The highest BCUT2D eigenvalue weighted by Gasteiger charge is 2.32. The van der Waals surface area contributed by atoms with Gasteiger partial charge in [0.2, 0.25) is 0 Å².